The Morgan fingerprint density at radius 3 is 2.50 bits per heavy atom. The second kappa shape index (κ2) is 12.3. The third-order valence-corrected chi connectivity index (χ3v) is 6.27. The molecule has 178 valence electrons. The fourth-order valence-electron chi connectivity index (χ4n) is 3.73. The first-order chi connectivity index (χ1) is 16.4. The average molecular weight is 480 g/mol. The molecule has 1 heterocycles. The van der Waals surface area contributed by atoms with Gasteiger partial charge in [-0.15, -0.1) is 11.3 Å². The molecule has 0 amide bonds. The number of ketones is 3. The maximum absolute atomic E-state index is 13.3. The van der Waals surface area contributed by atoms with E-state index >= 15 is 0 Å². The molecule has 34 heavy (non-hydrogen) atoms. The van der Waals surface area contributed by atoms with Crippen molar-refractivity contribution in [3.05, 3.63) is 80.8 Å². The number of carbonyl (C=O) groups excluding carboxylic acids is 3. The number of rotatable bonds is 13. The van der Waals surface area contributed by atoms with Crippen LogP contribution >= 0.6 is 11.3 Å². The lowest BCUT2D eigenvalue weighted by Crippen LogP contribution is -2.13. The van der Waals surface area contributed by atoms with E-state index in [4.69, 9.17) is 9.47 Å². The molecule has 0 bridgehead atoms. The van der Waals surface area contributed by atoms with Gasteiger partial charge in [-0.25, -0.2) is 4.98 Å². The van der Waals surface area contributed by atoms with Crippen LogP contribution in [0.3, 0.4) is 0 Å². The number of Topliss-reactive ketones (excluding diaryl/α,β-unsaturated/α-hetero) is 2. The first kappa shape index (κ1) is 25.5. The number of hydrogen-bond acceptors (Lipinski definition) is 7. The van der Waals surface area contributed by atoms with E-state index in [2.05, 4.69) is 4.98 Å². The Labute approximate surface area is 203 Å². The summed E-state index contributed by atoms with van der Waals surface area (Å²) in [5.74, 6) is 0.396. The summed E-state index contributed by atoms with van der Waals surface area (Å²) in [5.41, 5.74) is 3.30. The van der Waals surface area contributed by atoms with Gasteiger partial charge in [0.05, 0.1) is 24.8 Å². The van der Waals surface area contributed by atoms with Gasteiger partial charge in [0.2, 0.25) is 0 Å². The molecule has 0 saturated carbocycles. The summed E-state index contributed by atoms with van der Waals surface area (Å²) in [6.07, 6.45) is 1.71. The Bertz CT molecular complexity index is 1170. The second-order valence-corrected chi connectivity index (χ2v) is 9.07. The summed E-state index contributed by atoms with van der Waals surface area (Å²) in [6, 6.07) is 12.6. The Balaban J connectivity index is 1.69. The van der Waals surface area contributed by atoms with Crippen molar-refractivity contribution in [2.75, 3.05) is 20.8 Å². The van der Waals surface area contributed by atoms with Crippen molar-refractivity contribution >= 4 is 28.7 Å². The quantitative estimate of drug-likeness (QED) is 0.264. The summed E-state index contributed by atoms with van der Waals surface area (Å²) in [6.45, 7) is 2.49. The zero-order valence-corrected chi connectivity index (χ0v) is 20.6. The van der Waals surface area contributed by atoms with Crippen molar-refractivity contribution in [2.24, 2.45) is 0 Å². The van der Waals surface area contributed by atoms with E-state index < -0.39 is 0 Å². The summed E-state index contributed by atoms with van der Waals surface area (Å²) in [5, 5.41) is 2.51. The zero-order chi connectivity index (χ0) is 24.5. The Morgan fingerprint density at radius 2 is 1.74 bits per heavy atom. The molecule has 0 N–H and O–H groups in total. The molecule has 0 radical (unpaired) electrons. The monoisotopic (exact) mass is 479 g/mol. The molecule has 0 aliphatic rings. The van der Waals surface area contributed by atoms with E-state index in [0.29, 0.717) is 52.6 Å². The molecule has 1 aromatic heterocycles. The number of carbonyl (C=O) groups is 3. The SMILES string of the molecule is COCCCC(=O)Cc1csc(CC(=O)Cc2cc(C)ccc2C(=O)c2ccccc2OC)n1. The number of hydrogen-bond donors (Lipinski definition) is 0. The fraction of sp³-hybridized carbons (Fsp3) is 0.333. The van der Waals surface area contributed by atoms with Crippen LogP contribution < -0.4 is 4.74 Å². The van der Waals surface area contributed by atoms with E-state index in [1.165, 1.54) is 18.4 Å². The normalized spacial score (nSPS) is 10.8. The van der Waals surface area contributed by atoms with Gasteiger partial charge in [-0.3, -0.25) is 14.4 Å². The van der Waals surface area contributed by atoms with Gasteiger partial charge >= 0.3 is 0 Å². The van der Waals surface area contributed by atoms with Crippen LogP contribution in [0, 0.1) is 6.92 Å². The fourth-order valence-corrected chi connectivity index (χ4v) is 4.55. The number of ether oxygens (including phenoxy) is 2. The molecule has 2 aromatic carbocycles. The summed E-state index contributed by atoms with van der Waals surface area (Å²) >= 11 is 1.38. The Hall–Kier alpha value is -3.16. The van der Waals surface area contributed by atoms with Crippen LogP contribution in [0.5, 0.6) is 5.75 Å². The van der Waals surface area contributed by atoms with Crippen LogP contribution in [-0.4, -0.2) is 43.2 Å². The Kier molecular flexibility index (Phi) is 9.24. The first-order valence-electron chi connectivity index (χ1n) is 11.1. The van der Waals surface area contributed by atoms with Gasteiger partial charge in [0, 0.05) is 43.9 Å². The highest BCUT2D eigenvalue weighted by atomic mass is 32.1. The van der Waals surface area contributed by atoms with Gasteiger partial charge in [0.15, 0.2) is 5.78 Å². The molecular formula is C27H29NO5S. The lowest BCUT2D eigenvalue weighted by Gasteiger charge is -2.12. The third-order valence-electron chi connectivity index (χ3n) is 5.37. The highest BCUT2D eigenvalue weighted by Gasteiger charge is 2.20. The van der Waals surface area contributed by atoms with Gasteiger partial charge in [-0.05, 0) is 31.0 Å². The zero-order valence-electron chi connectivity index (χ0n) is 19.8. The standard InChI is InChI=1S/C27H29NO5S/c1-18-10-11-23(27(31)24-8-4-5-9-25(24)33-3)19(13-18)14-22(30)16-26-28-20(17-34-26)15-21(29)7-6-12-32-2/h4-5,8-11,13,17H,6-7,12,14-16H2,1-3H3. The molecular weight excluding hydrogens is 450 g/mol. The van der Waals surface area contributed by atoms with E-state index in [1.807, 2.05) is 30.5 Å². The molecule has 0 spiro atoms. The van der Waals surface area contributed by atoms with E-state index in [0.717, 1.165) is 5.56 Å². The highest BCUT2D eigenvalue weighted by molar-refractivity contribution is 7.09. The summed E-state index contributed by atoms with van der Waals surface area (Å²) in [4.78, 5) is 42.7. The summed E-state index contributed by atoms with van der Waals surface area (Å²) in [7, 11) is 3.14. The van der Waals surface area contributed by atoms with Gasteiger partial charge < -0.3 is 9.47 Å². The molecule has 3 rings (SSSR count). The minimum Gasteiger partial charge on any atom is -0.496 e. The lowest BCUT2D eigenvalue weighted by atomic mass is 9.93. The van der Waals surface area contributed by atoms with Crippen LogP contribution in [0.1, 0.15) is 50.6 Å². The molecule has 6 nitrogen and oxygen atoms in total. The third kappa shape index (κ3) is 6.92. The number of thiazole rings is 1. The molecule has 0 unspecified atom stereocenters. The van der Waals surface area contributed by atoms with E-state index in [-0.39, 0.29) is 36.6 Å². The van der Waals surface area contributed by atoms with Crippen molar-refractivity contribution in [3.63, 3.8) is 0 Å². The van der Waals surface area contributed by atoms with Crippen LogP contribution in [-0.2, 0) is 33.6 Å². The van der Waals surface area contributed by atoms with Gasteiger partial charge in [0.1, 0.15) is 22.3 Å². The maximum atomic E-state index is 13.3. The second-order valence-electron chi connectivity index (χ2n) is 8.13. The molecule has 0 aliphatic heterocycles. The largest absolute Gasteiger partial charge is 0.496 e. The van der Waals surface area contributed by atoms with E-state index in [1.54, 1.807) is 31.4 Å². The number of nitrogens with zero attached hydrogens (tertiary/aromatic N) is 1. The molecule has 0 atom stereocenters. The minimum atomic E-state index is -0.177. The maximum Gasteiger partial charge on any atom is 0.197 e. The highest BCUT2D eigenvalue weighted by Crippen LogP contribution is 2.24. The van der Waals surface area contributed by atoms with Gasteiger partial charge in [-0.1, -0.05) is 35.9 Å². The number of methoxy groups -OCH3 is 2. The molecule has 0 saturated heterocycles. The molecule has 3 aromatic rings. The Morgan fingerprint density at radius 1 is 0.941 bits per heavy atom. The van der Waals surface area contributed by atoms with Crippen LogP contribution in [0.25, 0.3) is 0 Å². The first-order valence-corrected chi connectivity index (χ1v) is 12.0. The lowest BCUT2D eigenvalue weighted by molar-refractivity contribution is -0.119. The molecule has 7 heteroatoms. The van der Waals surface area contributed by atoms with Crippen molar-refractivity contribution in [3.8, 4) is 5.75 Å². The molecule has 0 aliphatic carbocycles. The van der Waals surface area contributed by atoms with Crippen molar-refractivity contribution in [1.82, 2.24) is 4.98 Å². The van der Waals surface area contributed by atoms with Crippen LogP contribution in [0.4, 0.5) is 0 Å². The van der Waals surface area contributed by atoms with Crippen molar-refractivity contribution in [1.29, 1.82) is 0 Å². The number of aromatic nitrogens is 1. The van der Waals surface area contributed by atoms with Gasteiger partial charge in [0.25, 0.3) is 0 Å². The summed E-state index contributed by atoms with van der Waals surface area (Å²) < 4.78 is 10.3. The van der Waals surface area contributed by atoms with E-state index in [9.17, 15) is 14.4 Å². The van der Waals surface area contributed by atoms with Crippen molar-refractivity contribution in [2.45, 2.75) is 39.0 Å². The molecule has 0 fully saturated rings. The van der Waals surface area contributed by atoms with Crippen molar-refractivity contribution < 1.29 is 23.9 Å². The van der Waals surface area contributed by atoms with Gasteiger partial charge in [-0.2, -0.15) is 0 Å². The number of para-hydroxylation sites is 1. The minimum absolute atomic E-state index is 0.0352. The smallest absolute Gasteiger partial charge is 0.197 e. The van der Waals surface area contributed by atoms with Crippen LogP contribution in [0.2, 0.25) is 0 Å². The topological polar surface area (TPSA) is 82.6 Å². The number of benzene rings is 2. The predicted octanol–water partition coefficient (Wildman–Crippen LogP) is 4.58. The average Bonchev–Trinajstić information content (AvgIpc) is 3.25. The van der Waals surface area contributed by atoms with Crippen LogP contribution in [0.15, 0.2) is 47.8 Å². The predicted molar refractivity (Wildman–Crippen MR) is 132 cm³/mol. The number of aryl methyl sites for hydroxylation is 1.